The van der Waals surface area contributed by atoms with E-state index >= 15 is 0 Å². The highest BCUT2D eigenvalue weighted by molar-refractivity contribution is 5.91. The molecule has 1 amide bonds. The van der Waals surface area contributed by atoms with E-state index in [1.165, 1.54) is 5.69 Å². The number of rotatable bonds is 6. The number of nitrogens with zero attached hydrogens (tertiary/aromatic N) is 2. The van der Waals surface area contributed by atoms with Crippen molar-refractivity contribution in [2.45, 2.75) is 45.6 Å². The summed E-state index contributed by atoms with van der Waals surface area (Å²) in [5, 5.41) is 7.64. The summed E-state index contributed by atoms with van der Waals surface area (Å²) >= 11 is 0. The summed E-state index contributed by atoms with van der Waals surface area (Å²) in [7, 11) is 0. The monoisotopic (exact) mass is 311 g/mol. The minimum Gasteiger partial charge on any atom is -0.355 e. The molecule has 1 aliphatic rings. The molecule has 0 spiro atoms. The Morgan fingerprint density at radius 1 is 1.30 bits per heavy atom. The highest BCUT2D eigenvalue weighted by Gasteiger charge is 2.50. The number of hydrogen-bond acceptors (Lipinski definition) is 2. The molecule has 2 aromatic rings. The zero-order valence-corrected chi connectivity index (χ0v) is 14.2. The van der Waals surface area contributed by atoms with Crippen LogP contribution in [0.25, 0.3) is 0 Å². The van der Waals surface area contributed by atoms with Crippen molar-refractivity contribution in [1.82, 2.24) is 15.1 Å². The topological polar surface area (TPSA) is 46.9 Å². The number of benzene rings is 1. The molecule has 4 nitrogen and oxygen atoms in total. The molecule has 23 heavy (non-hydrogen) atoms. The largest absolute Gasteiger partial charge is 0.355 e. The van der Waals surface area contributed by atoms with Crippen LogP contribution in [0.2, 0.25) is 0 Å². The first-order valence-electron chi connectivity index (χ1n) is 8.36. The van der Waals surface area contributed by atoms with Crippen molar-refractivity contribution in [1.29, 1.82) is 0 Å². The molecule has 0 radical (unpaired) electrons. The average Bonchev–Trinajstić information content (AvgIpc) is 3.28. The minimum atomic E-state index is -0.279. The third-order valence-corrected chi connectivity index (χ3v) is 4.71. The maximum Gasteiger partial charge on any atom is 0.230 e. The van der Waals surface area contributed by atoms with Crippen LogP contribution in [0.4, 0.5) is 0 Å². The lowest BCUT2D eigenvalue weighted by molar-refractivity contribution is -0.123. The summed E-state index contributed by atoms with van der Waals surface area (Å²) in [6.07, 6.45) is 1.91. The smallest absolute Gasteiger partial charge is 0.230 e. The summed E-state index contributed by atoms with van der Waals surface area (Å²) in [4.78, 5) is 12.6. The van der Waals surface area contributed by atoms with Gasteiger partial charge in [0.15, 0.2) is 0 Å². The van der Waals surface area contributed by atoms with Crippen LogP contribution in [0.1, 0.15) is 36.7 Å². The van der Waals surface area contributed by atoms with Crippen molar-refractivity contribution >= 4 is 5.91 Å². The molecular formula is C19H25N3O. The summed E-state index contributed by atoms with van der Waals surface area (Å²) < 4.78 is 2.02. The molecule has 0 unspecified atom stereocenters. The summed E-state index contributed by atoms with van der Waals surface area (Å²) in [5.41, 5.74) is 3.08. The molecule has 1 N–H and O–H groups in total. The van der Waals surface area contributed by atoms with Crippen LogP contribution in [0.15, 0.2) is 36.4 Å². The Bertz CT molecular complexity index is 686. The lowest BCUT2D eigenvalue weighted by Gasteiger charge is -2.18. The van der Waals surface area contributed by atoms with Crippen LogP contribution in [0.5, 0.6) is 0 Å². The van der Waals surface area contributed by atoms with Crippen LogP contribution < -0.4 is 5.32 Å². The van der Waals surface area contributed by atoms with Gasteiger partial charge in [0.25, 0.3) is 0 Å². The number of carbonyl (C=O) groups excluding carboxylic acids is 1. The van der Waals surface area contributed by atoms with Gasteiger partial charge in [0.1, 0.15) is 0 Å². The van der Waals surface area contributed by atoms with Crippen molar-refractivity contribution in [2.24, 2.45) is 5.92 Å². The highest BCUT2D eigenvalue weighted by atomic mass is 16.2. The Labute approximate surface area is 137 Å². The second-order valence-electron chi connectivity index (χ2n) is 6.87. The summed E-state index contributed by atoms with van der Waals surface area (Å²) in [6, 6.07) is 12.2. The third kappa shape index (κ3) is 3.31. The number of hydrogen-bond donors (Lipinski definition) is 1. The van der Waals surface area contributed by atoms with Crippen LogP contribution in [-0.4, -0.2) is 22.2 Å². The van der Waals surface area contributed by atoms with Gasteiger partial charge in [-0.25, -0.2) is 0 Å². The van der Waals surface area contributed by atoms with Crippen LogP contribution >= 0.6 is 0 Å². The normalized spacial score (nSPS) is 16.8. The number of aromatic nitrogens is 2. The van der Waals surface area contributed by atoms with Crippen LogP contribution in [0.3, 0.4) is 0 Å². The fourth-order valence-electron chi connectivity index (χ4n) is 3.18. The Morgan fingerprint density at radius 3 is 2.57 bits per heavy atom. The maximum absolute atomic E-state index is 12.6. The molecule has 3 rings (SSSR count). The van der Waals surface area contributed by atoms with Crippen molar-refractivity contribution in [2.75, 3.05) is 6.54 Å². The Balaban J connectivity index is 1.56. The minimum absolute atomic E-state index is 0.170. The van der Waals surface area contributed by atoms with E-state index in [-0.39, 0.29) is 11.3 Å². The van der Waals surface area contributed by atoms with Gasteiger partial charge in [-0.15, -0.1) is 0 Å². The van der Waals surface area contributed by atoms with Gasteiger partial charge in [0.2, 0.25) is 5.91 Å². The van der Waals surface area contributed by atoms with Gasteiger partial charge in [-0.3, -0.25) is 9.48 Å². The van der Waals surface area contributed by atoms with Gasteiger partial charge < -0.3 is 5.32 Å². The molecule has 1 aromatic carbocycles. The first-order valence-corrected chi connectivity index (χ1v) is 8.36. The van der Waals surface area contributed by atoms with Crippen LogP contribution in [-0.2, 0) is 16.8 Å². The predicted octanol–water partition coefficient (Wildman–Crippen LogP) is 2.98. The van der Waals surface area contributed by atoms with Crippen molar-refractivity contribution < 1.29 is 4.79 Å². The van der Waals surface area contributed by atoms with E-state index in [9.17, 15) is 4.79 Å². The lowest BCUT2D eigenvalue weighted by atomic mass is 9.95. The predicted molar refractivity (Wildman–Crippen MR) is 91.2 cm³/mol. The van der Waals surface area contributed by atoms with E-state index in [2.05, 4.69) is 42.5 Å². The molecule has 1 heterocycles. The maximum atomic E-state index is 12.6. The molecule has 1 fully saturated rings. The number of amides is 1. The first-order chi connectivity index (χ1) is 11.0. The van der Waals surface area contributed by atoms with Crippen molar-refractivity contribution in [3.63, 3.8) is 0 Å². The Kier molecular flexibility index (Phi) is 4.24. The number of nitrogens with one attached hydrogen (secondary N) is 1. The standard InChI is InChI=1S/C19H25N3O/c1-14(13-22-16(3)11-15(2)21-22)12-20-18(23)19(9-10-19)17-7-5-4-6-8-17/h4-8,11,14H,9-10,12-13H2,1-3H3,(H,20,23)/t14-/m1/s1. The third-order valence-electron chi connectivity index (χ3n) is 4.71. The quantitative estimate of drug-likeness (QED) is 0.891. The SMILES string of the molecule is Cc1cc(C)n(C[C@H](C)CNC(=O)C2(c3ccccc3)CC2)n1. The fourth-order valence-corrected chi connectivity index (χ4v) is 3.18. The second-order valence-corrected chi connectivity index (χ2v) is 6.87. The number of carbonyl (C=O) groups is 1. The van der Waals surface area contributed by atoms with E-state index in [0.29, 0.717) is 12.5 Å². The molecule has 1 aromatic heterocycles. The van der Waals surface area contributed by atoms with Gasteiger partial charge in [-0.05, 0) is 44.2 Å². The molecule has 0 bridgehead atoms. The van der Waals surface area contributed by atoms with Crippen LogP contribution in [0, 0.1) is 19.8 Å². The van der Waals surface area contributed by atoms with E-state index in [1.807, 2.05) is 29.8 Å². The molecular weight excluding hydrogens is 286 g/mol. The molecule has 1 aliphatic carbocycles. The van der Waals surface area contributed by atoms with E-state index < -0.39 is 0 Å². The van der Waals surface area contributed by atoms with Gasteiger partial charge in [0.05, 0.1) is 11.1 Å². The Hall–Kier alpha value is -2.10. The molecule has 0 saturated heterocycles. The van der Waals surface area contributed by atoms with E-state index in [1.54, 1.807) is 0 Å². The summed E-state index contributed by atoms with van der Waals surface area (Å²) in [5.74, 6) is 0.521. The van der Waals surface area contributed by atoms with Gasteiger partial charge in [0, 0.05) is 18.8 Å². The average molecular weight is 311 g/mol. The molecule has 4 heteroatoms. The van der Waals surface area contributed by atoms with E-state index in [0.717, 1.165) is 30.6 Å². The molecule has 1 saturated carbocycles. The zero-order chi connectivity index (χ0) is 16.4. The zero-order valence-electron chi connectivity index (χ0n) is 14.2. The summed E-state index contributed by atoms with van der Waals surface area (Å²) in [6.45, 7) is 7.75. The van der Waals surface area contributed by atoms with Gasteiger partial charge >= 0.3 is 0 Å². The first kappa shape index (κ1) is 15.8. The highest BCUT2D eigenvalue weighted by Crippen LogP contribution is 2.48. The van der Waals surface area contributed by atoms with Gasteiger partial charge in [-0.2, -0.15) is 5.10 Å². The molecule has 0 aliphatic heterocycles. The van der Waals surface area contributed by atoms with Gasteiger partial charge in [-0.1, -0.05) is 37.3 Å². The number of aryl methyl sites for hydroxylation is 2. The fraction of sp³-hybridized carbons (Fsp3) is 0.474. The second kappa shape index (κ2) is 6.19. The van der Waals surface area contributed by atoms with E-state index in [4.69, 9.17) is 0 Å². The van der Waals surface area contributed by atoms with Crippen molar-refractivity contribution in [3.8, 4) is 0 Å². The molecule has 122 valence electrons. The van der Waals surface area contributed by atoms with Crippen molar-refractivity contribution in [3.05, 3.63) is 53.3 Å². The lowest BCUT2D eigenvalue weighted by Crippen LogP contribution is -2.38. The molecule has 1 atom stereocenters. The Morgan fingerprint density at radius 2 is 2.00 bits per heavy atom.